The van der Waals surface area contributed by atoms with Gasteiger partial charge in [-0.3, -0.25) is 11.3 Å². The van der Waals surface area contributed by atoms with Crippen molar-refractivity contribution in [2.24, 2.45) is 5.84 Å². The number of nitrogens with one attached hydrogen (secondary N) is 1. The summed E-state index contributed by atoms with van der Waals surface area (Å²) in [7, 11) is 0. The Hall–Kier alpha value is -0.580. The largest absolute Gasteiger partial charge is 0.493 e. The number of hydrazine groups is 1. The van der Waals surface area contributed by atoms with E-state index in [1.165, 1.54) is 30.4 Å². The third-order valence-electron chi connectivity index (χ3n) is 3.68. The Bertz CT molecular complexity index is 423. The molecule has 1 unspecified atom stereocenters. The highest BCUT2D eigenvalue weighted by Gasteiger charge is 2.19. The first kappa shape index (κ1) is 14.8. The number of halogens is 1. The molecule has 0 amide bonds. The molecule has 0 aliphatic carbocycles. The second-order valence-corrected chi connectivity index (χ2v) is 6.13. The van der Waals surface area contributed by atoms with Crippen molar-refractivity contribution in [2.75, 3.05) is 6.61 Å². The number of fused-ring (bicyclic) bond motifs is 1. The Morgan fingerprint density at radius 3 is 3.00 bits per heavy atom. The zero-order valence-corrected chi connectivity index (χ0v) is 13.1. The van der Waals surface area contributed by atoms with Crippen LogP contribution in [-0.4, -0.2) is 12.6 Å². The molecule has 0 aromatic heterocycles. The third-order valence-corrected chi connectivity index (χ3v) is 4.14. The van der Waals surface area contributed by atoms with Crippen LogP contribution in [0.2, 0.25) is 0 Å². The first-order valence-electron chi connectivity index (χ1n) is 7.14. The molecule has 0 saturated heterocycles. The Balaban J connectivity index is 2.05. The number of benzene rings is 1. The third kappa shape index (κ3) is 3.94. The number of ether oxygens (including phenoxy) is 1. The molecule has 0 bridgehead atoms. The summed E-state index contributed by atoms with van der Waals surface area (Å²) in [6, 6.07) is 4.65. The summed E-state index contributed by atoms with van der Waals surface area (Å²) in [5.41, 5.74) is 5.53. The average Bonchev–Trinajstić information content (AvgIpc) is 2.85. The van der Waals surface area contributed by atoms with Crippen molar-refractivity contribution in [1.29, 1.82) is 0 Å². The van der Waals surface area contributed by atoms with E-state index in [0.29, 0.717) is 6.04 Å². The monoisotopic (exact) mass is 326 g/mol. The zero-order valence-electron chi connectivity index (χ0n) is 11.5. The van der Waals surface area contributed by atoms with Crippen molar-refractivity contribution in [3.8, 4) is 5.75 Å². The maximum atomic E-state index is 5.77. The van der Waals surface area contributed by atoms with E-state index in [1.54, 1.807) is 0 Å². The van der Waals surface area contributed by atoms with Gasteiger partial charge in [0.15, 0.2) is 0 Å². The Kier molecular flexibility index (Phi) is 5.67. The first-order valence-corrected chi connectivity index (χ1v) is 7.94. The van der Waals surface area contributed by atoms with Crippen molar-refractivity contribution in [3.63, 3.8) is 0 Å². The molecule has 1 aliphatic heterocycles. The lowest BCUT2D eigenvalue weighted by atomic mass is 9.98. The molecule has 0 radical (unpaired) electrons. The minimum atomic E-state index is 0.328. The highest BCUT2D eigenvalue weighted by Crippen LogP contribution is 2.34. The molecule has 0 saturated carbocycles. The fourth-order valence-corrected chi connectivity index (χ4v) is 3.20. The van der Waals surface area contributed by atoms with Crippen molar-refractivity contribution >= 4 is 15.9 Å². The summed E-state index contributed by atoms with van der Waals surface area (Å²) in [5, 5.41) is 0. The fraction of sp³-hybridized carbons (Fsp3) is 0.600. The van der Waals surface area contributed by atoms with Crippen molar-refractivity contribution in [1.82, 2.24) is 5.43 Å². The van der Waals surface area contributed by atoms with E-state index in [1.807, 2.05) is 0 Å². The molecule has 1 atom stereocenters. The molecule has 4 heteroatoms. The standard InChI is InChI=1S/C15H23BrN2O/c1-2-3-4-5-14(18-17)10-12-9-13(16)8-11-6-7-19-15(11)12/h8-9,14,18H,2-7,10,17H2,1H3. The zero-order chi connectivity index (χ0) is 13.7. The van der Waals surface area contributed by atoms with Crippen molar-refractivity contribution in [3.05, 3.63) is 27.7 Å². The van der Waals surface area contributed by atoms with Gasteiger partial charge in [-0.25, -0.2) is 0 Å². The van der Waals surface area contributed by atoms with Gasteiger partial charge in [0.2, 0.25) is 0 Å². The molecule has 1 aromatic carbocycles. The number of unbranched alkanes of at least 4 members (excludes halogenated alkanes) is 2. The minimum absolute atomic E-state index is 0.328. The molecule has 0 fully saturated rings. The smallest absolute Gasteiger partial charge is 0.125 e. The predicted octanol–water partition coefficient (Wildman–Crippen LogP) is 3.34. The lowest BCUT2D eigenvalue weighted by molar-refractivity contribution is 0.350. The molecular formula is C15H23BrN2O. The summed E-state index contributed by atoms with van der Waals surface area (Å²) < 4.78 is 6.90. The van der Waals surface area contributed by atoms with Gasteiger partial charge in [-0.2, -0.15) is 0 Å². The maximum absolute atomic E-state index is 5.77. The van der Waals surface area contributed by atoms with Crippen LogP contribution in [0.1, 0.15) is 43.7 Å². The average molecular weight is 327 g/mol. The fourth-order valence-electron chi connectivity index (χ4n) is 2.65. The Morgan fingerprint density at radius 1 is 1.42 bits per heavy atom. The summed E-state index contributed by atoms with van der Waals surface area (Å²) in [5.74, 6) is 6.77. The molecule has 106 valence electrons. The maximum Gasteiger partial charge on any atom is 0.125 e. The van der Waals surface area contributed by atoms with Gasteiger partial charge in [0.05, 0.1) is 6.61 Å². The van der Waals surface area contributed by atoms with E-state index in [0.717, 1.165) is 36.1 Å². The van der Waals surface area contributed by atoms with Crippen LogP contribution >= 0.6 is 15.9 Å². The lowest BCUT2D eigenvalue weighted by Gasteiger charge is -2.17. The molecule has 3 N–H and O–H groups in total. The summed E-state index contributed by atoms with van der Waals surface area (Å²) >= 11 is 3.58. The number of nitrogens with two attached hydrogens (primary N) is 1. The SMILES string of the molecule is CCCCCC(Cc1cc(Br)cc2c1OCC2)NN. The van der Waals surface area contributed by atoms with E-state index >= 15 is 0 Å². The van der Waals surface area contributed by atoms with Gasteiger partial charge in [0, 0.05) is 16.9 Å². The summed E-state index contributed by atoms with van der Waals surface area (Å²) in [6.07, 6.45) is 6.80. The van der Waals surface area contributed by atoms with Crippen LogP contribution < -0.4 is 16.0 Å². The number of hydrogen-bond acceptors (Lipinski definition) is 3. The summed E-state index contributed by atoms with van der Waals surface area (Å²) in [4.78, 5) is 0. The molecule has 2 rings (SSSR count). The van der Waals surface area contributed by atoms with E-state index in [4.69, 9.17) is 10.6 Å². The van der Waals surface area contributed by atoms with Crippen molar-refractivity contribution < 1.29 is 4.74 Å². The molecule has 1 aromatic rings. The number of hydrogen-bond donors (Lipinski definition) is 2. The van der Waals surface area contributed by atoms with Gasteiger partial charge in [0.1, 0.15) is 5.75 Å². The predicted molar refractivity (Wildman–Crippen MR) is 82.3 cm³/mol. The van der Waals surface area contributed by atoms with Crippen LogP contribution in [0.4, 0.5) is 0 Å². The Labute approximate surface area is 124 Å². The van der Waals surface area contributed by atoms with E-state index < -0.39 is 0 Å². The quantitative estimate of drug-likeness (QED) is 0.459. The van der Waals surface area contributed by atoms with E-state index in [2.05, 4.69) is 40.4 Å². The van der Waals surface area contributed by atoms with Crippen molar-refractivity contribution in [2.45, 2.75) is 51.5 Å². The highest BCUT2D eigenvalue weighted by molar-refractivity contribution is 9.10. The van der Waals surface area contributed by atoms with E-state index in [9.17, 15) is 0 Å². The number of rotatable bonds is 7. The molecule has 19 heavy (non-hydrogen) atoms. The molecule has 1 heterocycles. The van der Waals surface area contributed by atoms with Crippen LogP contribution in [-0.2, 0) is 12.8 Å². The highest BCUT2D eigenvalue weighted by atomic mass is 79.9. The molecule has 0 spiro atoms. The van der Waals surface area contributed by atoms with Crippen LogP contribution in [0.3, 0.4) is 0 Å². The van der Waals surface area contributed by atoms with Gasteiger partial charge in [-0.05, 0) is 36.1 Å². The van der Waals surface area contributed by atoms with Gasteiger partial charge >= 0.3 is 0 Å². The minimum Gasteiger partial charge on any atom is -0.493 e. The van der Waals surface area contributed by atoms with Gasteiger partial charge in [0.25, 0.3) is 0 Å². The molecule has 3 nitrogen and oxygen atoms in total. The van der Waals surface area contributed by atoms with E-state index in [-0.39, 0.29) is 0 Å². The second kappa shape index (κ2) is 7.27. The first-order chi connectivity index (χ1) is 9.24. The summed E-state index contributed by atoms with van der Waals surface area (Å²) in [6.45, 7) is 3.02. The molecular weight excluding hydrogens is 304 g/mol. The van der Waals surface area contributed by atoms with Crippen LogP contribution in [0.25, 0.3) is 0 Å². The second-order valence-electron chi connectivity index (χ2n) is 5.22. The van der Waals surface area contributed by atoms with Gasteiger partial charge in [-0.15, -0.1) is 0 Å². The van der Waals surface area contributed by atoms with Crippen LogP contribution in [0.5, 0.6) is 5.75 Å². The lowest BCUT2D eigenvalue weighted by Crippen LogP contribution is -2.36. The van der Waals surface area contributed by atoms with Gasteiger partial charge in [-0.1, -0.05) is 42.1 Å². The molecule has 1 aliphatic rings. The topological polar surface area (TPSA) is 47.3 Å². The normalized spacial score (nSPS) is 15.1. The van der Waals surface area contributed by atoms with Crippen LogP contribution in [0.15, 0.2) is 16.6 Å². The van der Waals surface area contributed by atoms with Gasteiger partial charge < -0.3 is 4.74 Å². The Morgan fingerprint density at radius 2 is 2.26 bits per heavy atom. The van der Waals surface area contributed by atoms with Crippen LogP contribution in [0, 0.1) is 0 Å².